The first-order valence-corrected chi connectivity index (χ1v) is 7.08. The van der Waals surface area contributed by atoms with Crippen molar-refractivity contribution in [3.8, 4) is 5.75 Å². The Bertz CT molecular complexity index is 719. The van der Waals surface area contributed by atoms with Gasteiger partial charge in [-0.05, 0) is 12.1 Å². The minimum atomic E-state index is -0.685. The molecule has 3 rings (SSSR count). The number of nitrogens with two attached hydrogens (primary N) is 1. The van der Waals surface area contributed by atoms with Gasteiger partial charge in [0.2, 0.25) is 5.91 Å². The SMILES string of the molecule is NC1C(=O)Nc2cc(OCc3ccccc3Cl)c(Cl)cc21. The molecule has 1 heterocycles. The van der Waals surface area contributed by atoms with Crippen LogP contribution in [0.1, 0.15) is 17.2 Å². The van der Waals surface area contributed by atoms with Gasteiger partial charge in [-0.3, -0.25) is 4.79 Å². The number of benzene rings is 2. The topological polar surface area (TPSA) is 64.4 Å². The number of hydrogen-bond acceptors (Lipinski definition) is 3. The molecule has 1 atom stereocenters. The van der Waals surface area contributed by atoms with Crippen LogP contribution in [0.25, 0.3) is 0 Å². The zero-order valence-corrected chi connectivity index (χ0v) is 12.4. The molecule has 1 amide bonds. The summed E-state index contributed by atoms with van der Waals surface area (Å²) in [6.45, 7) is 0.290. The number of nitrogens with one attached hydrogen (secondary N) is 1. The monoisotopic (exact) mass is 322 g/mol. The summed E-state index contributed by atoms with van der Waals surface area (Å²) in [6.07, 6.45) is 0. The van der Waals surface area contributed by atoms with Gasteiger partial charge in [-0.2, -0.15) is 0 Å². The second-order valence-electron chi connectivity index (χ2n) is 4.72. The van der Waals surface area contributed by atoms with Crippen molar-refractivity contribution in [2.45, 2.75) is 12.6 Å². The summed E-state index contributed by atoms with van der Waals surface area (Å²) in [6, 6.07) is 10.1. The predicted octanol–water partition coefficient (Wildman–Crippen LogP) is 3.52. The number of rotatable bonds is 3. The maximum Gasteiger partial charge on any atom is 0.245 e. The van der Waals surface area contributed by atoms with Crippen molar-refractivity contribution >= 4 is 34.8 Å². The molecule has 0 aliphatic carbocycles. The third-order valence-electron chi connectivity index (χ3n) is 3.32. The molecule has 0 fully saturated rings. The number of anilines is 1. The van der Waals surface area contributed by atoms with Crippen molar-refractivity contribution in [3.63, 3.8) is 0 Å². The summed E-state index contributed by atoms with van der Waals surface area (Å²) in [7, 11) is 0. The third-order valence-corrected chi connectivity index (χ3v) is 3.98. The van der Waals surface area contributed by atoms with Gasteiger partial charge < -0.3 is 15.8 Å². The summed E-state index contributed by atoms with van der Waals surface area (Å²) in [5.74, 6) is 0.231. The summed E-state index contributed by atoms with van der Waals surface area (Å²) in [5, 5.41) is 3.74. The standard InChI is InChI=1S/C15H12Cl2N2O2/c16-10-4-2-1-3-8(10)7-21-13-6-12-9(5-11(13)17)14(18)15(20)19-12/h1-6,14H,7,18H2,(H,19,20). The highest BCUT2D eigenvalue weighted by Gasteiger charge is 2.28. The highest BCUT2D eigenvalue weighted by Crippen LogP contribution is 2.38. The molecule has 0 saturated heterocycles. The minimum Gasteiger partial charge on any atom is -0.487 e. The van der Waals surface area contributed by atoms with E-state index in [0.717, 1.165) is 5.56 Å². The molecule has 1 aliphatic heterocycles. The van der Waals surface area contributed by atoms with Crippen LogP contribution in [0.2, 0.25) is 10.0 Å². The van der Waals surface area contributed by atoms with Gasteiger partial charge in [0.25, 0.3) is 0 Å². The number of halogens is 2. The molecule has 21 heavy (non-hydrogen) atoms. The van der Waals surface area contributed by atoms with Gasteiger partial charge in [0.1, 0.15) is 18.4 Å². The second-order valence-corrected chi connectivity index (χ2v) is 5.53. The van der Waals surface area contributed by atoms with Crippen molar-refractivity contribution < 1.29 is 9.53 Å². The molecular weight excluding hydrogens is 311 g/mol. The van der Waals surface area contributed by atoms with E-state index in [9.17, 15) is 4.79 Å². The Labute approximate surface area is 131 Å². The van der Waals surface area contributed by atoms with Crippen molar-refractivity contribution in [3.05, 3.63) is 57.6 Å². The Kier molecular flexibility index (Phi) is 3.76. The van der Waals surface area contributed by atoms with E-state index in [0.29, 0.717) is 27.0 Å². The summed E-state index contributed by atoms with van der Waals surface area (Å²) >= 11 is 12.3. The van der Waals surface area contributed by atoms with Crippen LogP contribution in [-0.2, 0) is 11.4 Å². The minimum absolute atomic E-state index is 0.246. The molecule has 0 radical (unpaired) electrons. The van der Waals surface area contributed by atoms with Crippen LogP contribution in [0.3, 0.4) is 0 Å². The number of amides is 1. The lowest BCUT2D eigenvalue weighted by Crippen LogP contribution is -2.19. The summed E-state index contributed by atoms with van der Waals surface area (Å²) in [4.78, 5) is 11.5. The van der Waals surface area contributed by atoms with Crippen molar-refractivity contribution in [1.29, 1.82) is 0 Å². The average molecular weight is 323 g/mol. The Morgan fingerprint density at radius 2 is 1.95 bits per heavy atom. The van der Waals surface area contributed by atoms with Crippen LogP contribution >= 0.6 is 23.2 Å². The fourth-order valence-electron chi connectivity index (χ4n) is 2.17. The predicted molar refractivity (Wildman–Crippen MR) is 82.8 cm³/mol. The first-order valence-electron chi connectivity index (χ1n) is 6.32. The van der Waals surface area contributed by atoms with Gasteiger partial charge in [-0.1, -0.05) is 41.4 Å². The number of fused-ring (bicyclic) bond motifs is 1. The maximum absolute atomic E-state index is 11.5. The molecule has 0 bridgehead atoms. The van der Waals surface area contributed by atoms with Crippen LogP contribution in [-0.4, -0.2) is 5.91 Å². The van der Waals surface area contributed by atoms with E-state index in [-0.39, 0.29) is 12.5 Å². The Balaban J connectivity index is 1.83. The van der Waals surface area contributed by atoms with Crippen LogP contribution in [0, 0.1) is 0 Å². The van der Waals surface area contributed by atoms with Gasteiger partial charge in [0.05, 0.1) is 5.02 Å². The average Bonchev–Trinajstić information content (AvgIpc) is 2.73. The first-order chi connectivity index (χ1) is 10.1. The Morgan fingerprint density at radius 1 is 1.19 bits per heavy atom. The Hall–Kier alpha value is -1.75. The molecule has 0 aromatic heterocycles. The summed E-state index contributed by atoms with van der Waals surface area (Å²) in [5.41, 5.74) is 7.93. The van der Waals surface area contributed by atoms with E-state index < -0.39 is 6.04 Å². The largest absolute Gasteiger partial charge is 0.487 e. The third kappa shape index (κ3) is 2.70. The zero-order valence-electron chi connectivity index (χ0n) is 10.9. The van der Waals surface area contributed by atoms with Crippen LogP contribution in [0.5, 0.6) is 5.75 Å². The molecule has 0 spiro atoms. The van der Waals surface area contributed by atoms with E-state index in [4.69, 9.17) is 33.7 Å². The second kappa shape index (κ2) is 5.56. The zero-order chi connectivity index (χ0) is 15.0. The lowest BCUT2D eigenvalue weighted by molar-refractivity contribution is -0.116. The van der Waals surface area contributed by atoms with E-state index in [2.05, 4.69) is 5.32 Å². The molecule has 3 N–H and O–H groups in total. The van der Waals surface area contributed by atoms with Crippen molar-refractivity contribution in [1.82, 2.24) is 0 Å². The fourth-order valence-corrected chi connectivity index (χ4v) is 2.58. The highest BCUT2D eigenvalue weighted by molar-refractivity contribution is 6.32. The van der Waals surface area contributed by atoms with Gasteiger partial charge in [0, 0.05) is 27.9 Å². The Morgan fingerprint density at radius 3 is 2.71 bits per heavy atom. The van der Waals surface area contributed by atoms with E-state index in [1.165, 1.54) is 0 Å². The molecule has 6 heteroatoms. The normalized spacial score (nSPS) is 16.5. The van der Waals surface area contributed by atoms with Crippen LogP contribution < -0.4 is 15.8 Å². The molecular formula is C15H12Cl2N2O2. The number of carbonyl (C=O) groups excluding carboxylic acids is 1. The summed E-state index contributed by atoms with van der Waals surface area (Å²) < 4.78 is 5.69. The maximum atomic E-state index is 11.5. The van der Waals surface area contributed by atoms with E-state index >= 15 is 0 Å². The molecule has 2 aromatic carbocycles. The lowest BCUT2D eigenvalue weighted by atomic mass is 10.1. The van der Waals surface area contributed by atoms with Gasteiger partial charge >= 0.3 is 0 Å². The first kappa shape index (κ1) is 14.2. The molecule has 108 valence electrons. The van der Waals surface area contributed by atoms with Crippen molar-refractivity contribution in [2.24, 2.45) is 5.73 Å². The smallest absolute Gasteiger partial charge is 0.245 e. The molecule has 4 nitrogen and oxygen atoms in total. The molecule has 1 aliphatic rings. The van der Waals surface area contributed by atoms with Gasteiger partial charge in [0.15, 0.2) is 0 Å². The lowest BCUT2D eigenvalue weighted by Gasteiger charge is -2.11. The number of ether oxygens (including phenoxy) is 1. The van der Waals surface area contributed by atoms with Gasteiger partial charge in [-0.15, -0.1) is 0 Å². The number of hydrogen-bond donors (Lipinski definition) is 2. The molecule has 2 aromatic rings. The number of carbonyl (C=O) groups is 1. The quantitative estimate of drug-likeness (QED) is 0.908. The molecule has 1 unspecified atom stereocenters. The highest BCUT2D eigenvalue weighted by atomic mass is 35.5. The van der Waals surface area contributed by atoms with Gasteiger partial charge in [-0.25, -0.2) is 0 Å². The van der Waals surface area contributed by atoms with E-state index in [1.54, 1.807) is 18.2 Å². The molecule has 0 saturated carbocycles. The van der Waals surface area contributed by atoms with Crippen molar-refractivity contribution in [2.75, 3.05) is 5.32 Å². The van der Waals surface area contributed by atoms with E-state index in [1.807, 2.05) is 18.2 Å². The van der Waals surface area contributed by atoms with Crippen LogP contribution in [0.4, 0.5) is 5.69 Å². The fraction of sp³-hybridized carbons (Fsp3) is 0.133. The van der Waals surface area contributed by atoms with Crippen LogP contribution in [0.15, 0.2) is 36.4 Å².